The largest absolute Gasteiger partial charge is 0.313 e. The summed E-state index contributed by atoms with van der Waals surface area (Å²) >= 11 is 5.91. The van der Waals surface area contributed by atoms with Crippen LogP contribution in [0.2, 0.25) is 5.02 Å². The SMILES string of the molecule is CNC(CCN(C)C1CCS(=O)(=O)C1)c1ccc(Cl)cc1. The zero-order valence-corrected chi connectivity index (χ0v) is 14.1. The van der Waals surface area contributed by atoms with E-state index >= 15 is 0 Å². The minimum absolute atomic E-state index is 0.165. The fraction of sp³-hybridized carbons (Fsp3) is 0.600. The van der Waals surface area contributed by atoms with E-state index in [1.54, 1.807) is 0 Å². The van der Waals surface area contributed by atoms with Gasteiger partial charge in [-0.2, -0.15) is 0 Å². The molecule has 2 atom stereocenters. The van der Waals surface area contributed by atoms with Crippen molar-refractivity contribution in [2.45, 2.75) is 24.9 Å². The molecule has 0 aliphatic carbocycles. The van der Waals surface area contributed by atoms with Crippen LogP contribution in [0.25, 0.3) is 0 Å². The van der Waals surface area contributed by atoms with Crippen LogP contribution >= 0.6 is 11.6 Å². The summed E-state index contributed by atoms with van der Waals surface area (Å²) in [6.45, 7) is 0.869. The first-order chi connectivity index (χ1) is 9.91. The number of nitrogens with zero attached hydrogens (tertiary/aromatic N) is 1. The highest BCUT2D eigenvalue weighted by Gasteiger charge is 2.30. The van der Waals surface area contributed by atoms with Gasteiger partial charge >= 0.3 is 0 Å². The normalized spacial score (nSPS) is 22.6. The monoisotopic (exact) mass is 330 g/mol. The number of hydrogen-bond donors (Lipinski definition) is 1. The number of nitrogens with one attached hydrogen (secondary N) is 1. The number of halogens is 1. The van der Waals surface area contributed by atoms with Gasteiger partial charge in [0.05, 0.1) is 11.5 Å². The molecule has 6 heteroatoms. The van der Waals surface area contributed by atoms with Crippen molar-refractivity contribution in [2.24, 2.45) is 0 Å². The average molecular weight is 331 g/mol. The molecule has 0 amide bonds. The molecule has 4 nitrogen and oxygen atoms in total. The lowest BCUT2D eigenvalue weighted by atomic mass is 10.0. The van der Waals surface area contributed by atoms with Crippen LogP contribution in [0.15, 0.2) is 24.3 Å². The van der Waals surface area contributed by atoms with E-state index in [-0.39, 0.29) is 12.1 Å². The summed E-state index contributed by atoms with van der Waals surface area (Å²) < 4.78 is 23.1. The van der Waals surface area contributed by atoms with Crippen molar-refractivity contribution < 1.29 is 8.42 Å². The molecule has 1 aliphatic rings. The zero-order valence-electron chi connectivity index (χ0n) is 12.5. The van der Waals surface area contributed by atoms with Crippen LogP contribution in [0.4, 0.5) is 0 Å². The first-order valence-electron chi connectivity index (χ1n) is 7.24. The Kier molecular flexibility index (Phi) is 5.66. The first-order valence-corrected chi connectivity index (χ1v) is 9.44. The minimum Gasteiger partial charge on any atom is -0.313 e. The van der Waals surface area contributed by atoms with Gasteiger partial charge in [0.2, 0.25) is 0 Å². The van der Waals surface area contributed by atoms with Crippen molar-refractivity contribution in [1.82, 2.24) is 10.2 Å². The molecule has 2 rings (SSSR count). The smallest absolute Gasteiger partial charge is 0.151 e. The van der Waals surface area contributed by atoms with Crippen LogP contribution in [0.1, 0.15) is 24.4 Å². The molecule has 1 aromatic carbocycles. The second-order valence-corrected chi connectivity index (χ2v) is 8.38. The van der Waals surface area contributed by atoms with Gasteiger partial charge < -0.3 is 10.2 Å². The van der Waals surface area contributed by atoms with E-state index < -0.39 is 9.84 Å². The molecule has 0 bridgehead atoms. The summed E-state index contributed by atoms with van der Waals surface area (Å²) in [5.41, 5.74) is 1.20. The molecule has 1 aromatic rings. The number of rotatable bonds is 6. The third-order valence-corrected chi connectivity index (χ3v) is 6.23. The molecule has 0 aromatic heterocycles. The summed E-state index contributed by atoms with van der Waals surface area (Å²) in [5, 5.41) is 4.05. The Bertz CT molecular complexity index is 560. The Morgan fingerprint density at radius 3 is 2.57 bits per heavy atom. The van der Waals surface area contributed by atoms with Crippen LogP contribution in [0.3, 0.4) is 0 Å². The Hall–Kier alpha value is -0.620. The summed E-state index contributed by atoms with van der Waals surface area (Å²) in [6.07, 6.45) is 1.69. The summed E-state index contributed by atoms with van der Waals surface area (Å²) in [4.78, 5) is 2.17. The van der Waals surface area contributed by atoms with E-state index in [1.165, 1.54) is 5.56 Å². The van der Waals surface area contributed by atoms with E-state index in [0.717, 1.165) is 24.4 Å². The molecule has 1 N–H and O–H groups in total. The van der Waals surface area contributed by atoms with E-state index in [1.807, 2.05) is 38.4 Å². The van der Waals surface area contributed by atoms with Gasteiger partial charge in [-0.15, -0.1) is 0 Å². The minimum atomic E-state index is -2.81. The predicted octanol–water partition coefficient (Wildman–Crippen LogP) is 2.11. The highest BCUT2D eigenvalue weighted by molar-refractivity contribution is 7.91. The third kappa shape index (κ3) is 4.68. The second kappa shape index (κ2) is 7.09. The Labute approximate surface area is 132 Å². The Morgan fingerprint density at radius 1 is 1.38 bits per heavy atom. The summed E-state index contributed by atoms with van der Waals surface area (Å²) in [5.74, 6) is 0.628. The molecule has 2 unspecified atom stereocenters. The molecular weight excluding hydrogens is 308 g/mol. The molecule has 0 saturated carbocycles. The van der Waals surface area contributed by atoms with Crippen LogP contribution in [0, 0.1) is 0 Å². The average Bonchev–Trinajstić information content (AvgIpc) is 2.81. The van der Waals surface area contributed by atoms with Crippen molar-refractivity contribution in [3.63, 3.8) is 0 Å². The lowest BCUT2D eigenvalue weighted by Gasteiger charge is -2.26. The Balaban J connectivity index is 1.90. The maximum absolute atomic E-state index is 11.5. The fourth-order valence-corrected chi connectivity index (χ4v) is 4.74. The maximum Gasteiger partial charge on any atom is 0.151 e. The van der Waals surface area contributed by atoms with Crippen molar-refractivity contribution in [3.05, 3.63) is 34.9 Å². The number of hydrogen-bond acceptors (Lipinski definition) is 4. The second-order valence-electron chi connectivity index (χ2n) is 5.72. The lowest BCUT2D eigenvalue weighted by Crippen LogP contribution is -2.35. The van der Waals surface area contributed by atoms with Crippen LogP contribution in [-0.2, 0) is 9.84 Å². The first kappa shape index (κ1) is 16.7. The van der Waals surface area contributed by atoms with Crippen molar-refractivity contribution in [1.29, 1.82) is 0 Å². The van der Waals surface area contributed by atoms with Gasteiger partial charge in [-0.1, -0.05) is 23.7 Å². The van der Waals surface area contributed by atoms with Gasteiger partial charge in [-0.05, 0) is 51.2 Å². The van der Waals surface area contributed by atoms with E-state index in [4.69, 9.17) is 11.6 Å². The van der Waals surface area contributed by atoms with E-state index in [2.05, 4.69) is 10.2 Å². The van der Waals surface area contributed by atoms with Gasteiger partial charge in [0, 0.05) is 17.1 Å². The van der Waals surface area contributed by atoms with E-state index in [0.29, 0.717) is 11.5 Å². The molecule has 1 fully saturated rings. The van der Waals surface area contributed by atoms with Gasteiger partial charge in [0.1, 0.15) is 0 Å². The molecule has 1 saturated heterocycles. The molecule has 0 spiro atoms. The molecule has 21 heavy (non-hydrogen) atoms. The standard InChI is InChI=1S/C15H23ClN2O2S/c1-17-15(12-3-5-13(16)6-4-12)7-9-18(2)14-8-10-21(19,20)11-14/h3-6,14-15,17H,7-11H2,1-2H3. The quantitative estimate of drug-likeness (QED) is 0.868. The van der Waals surface area contributed by atoms with Gasteiger partial charge in [0.25, 0.3) is 0 Å². The topological polar surface area (TPSA) is 49.4 Å². The van der Waals surface area contributed by atoms with Crippen LogP contribution in [0.5, 0.6) is 0 Å². The highest BCUT2D eigenvalue weighted by atomic mass is 35.5. The van der Waals surface area contributed by atoms with Crippen LogP contribution in [-0.4, -0.2) is 51.5 Å². The molecule has 1 aliphatic heterocycles. The fourth-order valence-electron chi connectivity index (χ4n) is 2.81. The van der Waals surface area contributed by atoms with Crippen molar-refractivity contribution >= 4 is 21.4 Å². The van der Waals surface area contributed by atoms with Crippen LogP contribution < -0.4 is 5.32 Å². The maximum atomic E-state index is 11.5. The van der Waals surface area contributed by atoms with Gasteiger partial charge in [0.15, 0.2) is 9.84 Å². The Morgan fingerprint density at radius 2 is 2.05 bits per heavy atom. The van der Waals surface area contributed by atoms with Gasteiger partial charge in [-0.25, -0.2) is 8.42 Å². The van der Waals surface area contributed by atoms with E-state index in [9.17, 15) is 8.42 Å². The van der Waals surface area contributed by atoms with Gasteiger partial charge in [-0.3, -0.25) is 0 Å². The van der Waals surface area contributed by atoms with Crippen molar-refractivity contribution in [3.8, 4) is 0 Å². The molecule has 0 radical (unpaired) electrons. The predicted molar refractivity (Wildman–Crippen MR) is 87.6 cm³/mol. The zero-order chi connectivity index (χ0) is 15.5. The number of sulfone groups is 1. The molecule has 1 heterocycles. The molecular formula is C15H23ClN2O2S. The lowest BCUT2D eigenvalue weighted by molar-refractivity contribution is 0.248. The van der Waals surface area contributed by atoms with Crippen molar-refractivity contribution in [2.75, 3.05) is 32.1 Å². The molecule has 118 valence electrons. The third-order valence-electron chi connectivity index (χ3n) is 4.22. The summed E-state index contributed by atoms with van der Waals surface area (Å²) in [7, 11) is 1.14. The number of benzene rings is 1. The highest BCUT2D eigenvalue weighted by Crippen LogP contribution is 2.21. The summed E-state index contributed by atoms with van der Waals surface area (Å²) in [6, 6.07) is 8.27.